The molecule has 0 aliphatic rings. The Labute approximate surface area is 110 Å². The van der Waals surface area contributed by atoms with Crippen molar-refractivity contribution in [3.63, 3.8) is 0 Å². The molecule has 104 valence electrons. The van der Waals surface area contributed by atoms with Gasteiger partial charge in [-0.05, 0) is 18.6 Å². The van der Waals surface area contributed by atoms with Gasteiger partial charge in [-0.2, -0.15) is 11.8 Å². The van der Waals surface area contributed by atoms with Gasteiger partial charge < -0.3 is 15.5 Å². The highest BCUT2D eigenvalue weighted by Crippen LogP contribution is 2.05. The zero-order chi connectivity index (χ0) is 14.0. The first-order chi connectivity index (χ1) is 8.47. The lowest BCUT2D eigenvalue weighted by Crippen LogP contribution is -2.42. The topological polar surface area (TPSA) is 104 Å². The van der Waals surface area contributed by atoms with E-state index in [1.165, 1.54) is 11.8 Å². The molecular formula is C11H19NO5S. The number of nitrogens with one attached hydrogen (secondary N) is 1. The molecule has 0 aliphatic heterocycles. The number of carbonyl (C=O) groups excluding carboxylic acids is 1. The minimum absolute atomic E-state index is 0.101. The van der Waals surface area contributed by atoms with Crippen molar-refractivity contribution in [3.05, 3.63) is 0 Å². The maximum atomic E-state index is 11.4. The molecule has 1 unspecified atom stereocenters. The second-order valence-electron chi connectivity index (χ2n) is 3.80. The summed E-state index contributed by atoms with van der Waals surface area (Å²) in [6.07, 6.45) is 1.68. The van der Waals surface area contributed by atoms with Gasteiger partial charge in [-0.3, -0.25) is 9.59 Å². The van der Waals surface area contributed by atoms with Crippen LogP contribution in [0.2, 0.25) is 0 Å². The summed E-state index contributed by atoms with van der Waals surface area (Å²) in [4.78, 5) is 32.6. The first-order valence-electron chi connectivity index (χ1n) is 5.79. The van der Waals surface area contributed by atoms with Crippen LogP contribution >= 0.6 is 11.8 Å². The second kappa shape index (κ2) is 9.76. The van der Waals surface area contributed by atoms with Crippen LogP contribution in [0.4, 0.5) is 0 Å². The van der Waals surface area contributed by atoms with Gasteiger partial charge in [0.25, 0.3) is 0 Å². The van der Waals surface area contributed by atoms with Crippen molar-refractivity contribution in [2.75, 3.05) is 11.5 Å². The Morgan fingerprint density at radius 3 is 2.44 bits per heavy atom. The summed E-state index contributed by atoms with van der Waals surface area (Å²) in [6, 6.07) is -1.12. The fourth-order valence-corrected chi connectivity index (χ4v) is 2.08. The van der Waals surface area contributed by atoms with Crippen LogP contribution in [0, 0.1) is 0 Å². The standard InChI is InChI=1S/C11H19NO5S/c1-2-3-6-18-7-9(13)12-8(11(16)17)4-5-10(14)15/h8H,2-7H2,1H3,(H,12,13)(H,14,15)(H,16,17). The van der Waals surface area contributed by atoms with E-state index < -0.39 is 18.0 Å². The largest absolute Gasteiger partial charge is 0.481 e. The molecule has 0 aromatic heterocycles. The number of amides is 1. The van der Waals surface area contributed by atoms with Gasteiger partial charge >= 0.3 is 11.9 Å². The molecule has 0 saturated heterocycles. The normalized spacial score (nSPS) is 11.8. The molecule has 0 rings (SSSR count). The molecule has 18 heavy (non-hydrogen) atoms. The quantitative estimate of drug-likeness (QED) is 0.514. The SMILES string of the molecule is CCCCSCC(=O)NC(CCC(=O)O)C(=O)O. The summed E-state index contributed by atoms with van der Waals surface area (Å²) < 4.78 is 0. The van der Waals surface area contributed by atoms with Crippen LogP contribution < -0.4 is 5.32 Å². The Hall–Kier alpha value is -1.24. The summed E-state index contributed by atoms with van der Waals surface area (Å²) in [6.45, 7) is 2.05. The van der Waals surface area contributed by atoms with Crippen LogP contribution in [0.5, 0.6) is 0 Å². The predicted octanol–water partition coefficient (Wildman–Crippen LogP) is 0.954. The van der Waals surface area contributed by atoms with Crippen molar-refractivity contribution in [3.8, 4) is 0 Å². The monoisotopic (exact) mass is 277 g/mol. The highest BCUT2D eigenvalue weighted by molar-refractivity contribution is 7.99. The maximum absolute atomic E-state index is 11.4. The van der Waals surface area contributed by atoms with E-state index in [1.54, 1.807) is 0 Å². The van der Waals surface area contributed by atoms with Crippen molar-refractivity contribution in [1.82, 2.24) is 5.32 Å². The minimum Gasteiger partial charge on any atom is -0.481 e. The van der Waals surface area contributed by atoms with Gasteiger partial charge in [-0.15, -0.1) is 0 Å². The third-order valence-electron chi connectivity index (χ3n) is 2.16. The number of carbonyl (C=O) groups is 3. The molecule has 0 bridgehead atoms. The molecule has 3 N–H and O–H groups in total. The van der Waals surface area contributed by atoms with Crippen molar-refractivity contribution >= 4 is 29.6 Å². The number of aliphatic carboxylic acids is 2. The zero-order valence-corrected chi connectivity index (χ0v) is 11.2. The average molecular weight is 277 g/mol. The fraction of sp³-hybridized carbons (Fsp3) is 0.727. The summed E-state index contributed by atoms with van der Waals surface area (Å²) in [7, 11) is 0. The summed E-state index contributed by atoms with van der Waals surface area (Å²) in [5.41, 5.74) is 0. The maximum Gasteiger partial charge on any atom is 0.326 e. The number of hydrogen-bond acceptors (Lipinski definition) is 4. The molecule has 0 fully saturated rings. The van der Waals surface area contributed by atoms with Gasteiger partial charge in [0.05, 0.1) is 5.75 Å². The Balaban J connectivity index is 3.96. The summed E-state index contributed by atoms with van der Waals surface area (Å²) >= 11 is 1.44. The predicted molar refractivity (Wildman–Crippen MR) is 68.7 cm³/mol. The van der Waals surface area contributed by atoms with Crippen molar-refractivity contribution in [2.24, 2.45) is 0 Å². The fourth-order valence-electron chi connectivity index (χ4n) is 1.17. The molecule has 0 aliphatic carbocycles. The van der Waals surface area contributed by atoms with Crippen molar-refractivity contribution in [2.45, 2.75) is 38.6 Å². The van der Waals surface area contributed by atoms with E-state index in [0.717, 1.165) is 18.6 Å². The first-order valence-corrected chi connectivity index (χ1v) is 6.94. The van der Waals surface area contributed by atoms with E-state index in [-0.39, 0.29) is 24.5 Å². The molecule has 0 saturated carbocycles. The molecule has 0 spiro atoms. The lowest BCUT2D eigenvalue weighted by atomic mass is 10.1. The van der Waals surface area contributed by atoms with Crippen LogP contribution in [0.3, 0.4) is 0 Å². The Bertz CT molecular complexity index is 295. The summed E-state index contributed by atoms with van der Waals surface area (Å²) in [5, 5.41) is 19.6. The third kappa shape index (κ3) is 8.86. The van der Waals surface area contributed by atoms with Gasteiger partial charge in [0, 0.05) is 6.42 Å². The average Bonchev–Trinajstić information content (AvgIpc) is 2.29. The number of hydrogen-bond donors (Lipinski definition) is 3. The molecular weight excluding hydrogens is 258 g/mol. The highest BCUT2D eigenvalue weighted by atomic mass is 32.2. The van der Waals surface area contributed by atoms with Crippen LogP contribution in [-0.4, -0.2) is 45.6 Å². The molecule has 0 aromatic rings. The molecule has 0 aromatic carbocycles. The second-order valence-corrected chi connectivity index (χ2v) is 4.90. The molecule has 1 amide bonds. The zero-order valence-electron chi connectivity index (χ0n) is 10.3. The van der Waals surface area contributed by atoms with Crippen LogP contribution in [-0.2, 0) is 14.4 Å². The lowest BCUT2D eigenvalue weighted by molar-refractivity contribution is -0.142. The number of carboxylic acid groups (broad SMARTS) is 2. The van der Waals surface area contributed by atoms with E-state index in [2.05, 4.69) is 5.32 Å². The first kappa shape index (κ1) is 16.8. The van der Waals surface area contributed by atoms with Crippen molar-refractivity contribution < 1.29 is 24.6 Å². The van der Waals surface area contributed by atoms with Gasteiger partial charge in [-0.25, -0.2) is 4.79 Å². The van der Waals surface area contributed by atoms with E-state index in [0.29, 0.717) is 0 Å². The highest BCUT2D eigenvalue weighted by Gasteiger charge is 2.20. The molecule has 0 radical (unpaired) electrons. The summed E-state index contributed by atoms with van der Waals surface area (Å²) in [5.74, 6) is -1.59. The number of thioether (sulfide) groups is 1. The van der Waals surface area contributed by atoms with Crippen LogP contribution in [0.15, 0.2) is 0 Å². The molecule has 7 heteroatoms. The van der Waals surface area contributed by atoms with E-state index in [9.17, 15) is 14.4 Å². The van der Waals surface area contributed by atoms with Gasteiger partial charge in [0.1, 0.15) is 6.04 Å². The lowest BCUT2D eigenvalue weighted by Gasteiger charge is -2.13. The minimum atomic E-state index is -1.21. The van der Waals surface area contributed by atoms with Gasteiger partial charge in [-0.1, -0.05) is 13.3 Å². The molecule has 1 atom stereocenters. The number of carboxylic acids is 2. The molecule has 0 heterocycles. The van der Waals surface area contributed by atoms with Gasteiger partial charge in [0.15, 0.2) is 0 Å². The Kier molecular flexibility index (Phi) is 9.08. The Morgan fingerprint density at radius 2 is 1.94 bits per heavy atom. The van der Waals surface area contributed by atoms with Gasteiger partial charge in [0.2, 0.25) is 5.91 Å². The smallest absolute Gasteiger partial charge is 0.326 e. The van der Waals surface area contributed by atoms with Crippen LogP contribution in [0.1, 0.15) is 32.6 Å². The Morgan fingerprint density at radius 1 is 1.28 bits per heavy atom. The van der Waals surface area contributed by atoms with E-state index in [1.807, 2.05) is 6.92 Å². The van der Waals surface area contributed by atoms with Crippen LogP contribution in [0.25, 0.3) is 0 Å². The number of rotatable bonds is 10. The van der Waals surface area contributed by atoms with Crippen molar-refractivity contribution in [1.29, 1.82) is 0 Å². The third-order valence-corrected chi connectivity index (χ3v) is 3.20. The van der Waals surface area contributed by atoms with E-state index >= 15 is 0 Å². The number of unbranched alkanes of at least 4 members (excludes halogenated alkanes) is 1. The van der Waals surface area contributed by atoms with E-state index in [4.69, 9.17) is 10.2 Å². The molecule has 6 nitrogen and oxygen atoms in total.